The van der Waals surface area contributed by atoms with Crippen LogP contribution in [-0.4, -0.2) is 4.57 Å². The minimum absolute atomic E-state index is 0. The van der Waals surface area contributed by atoms with Crippen molar-refractivity contribution in [1.82, 2.24) is 4.57 Å². The normalized spacial score (nSPS) is 10.3. The highest BCUT2D eigenvalue weighted by Crippen LogP contribution is 2.16. The van der Waals surface area contributed by atoms with Gasteiger partial charge < -0.3 is 28.5 Å². The summed E-state index contributed by atoms with van der Waals surface area (Å²) in [4.78, 5) is 0. The topological polar surface area (TPSA) is 8.81 Å². The van der Waals surface area contributed by atoms with Crippen LogP contribution >= 0.6 is 0 Å². The lowest BCUT2D eigenvalue weighted by Crippen LogP contribution is -3.00. The molecule has 0 aliphatic rings. The Balaban J connectivity index is 0.00000120. The third-order valence-electron chi connectivity index (χ3n) is 3.08. The summed E-state index contributed by atoms with van der Waals surface area (Å²) < 4.78 is 4.34. The first kappa shape index (κ1) is 13.1. The highest BCUT2D eigenvalue weighted by Gasteiger charge is 2.01. The van der Waals surface area contributed by atoms with E-state index in [1.807, 2.05) is 7.05 Å². The van der Waals surface area contributed by atoms with Crippen LogP contribution in [0.4, 0.5) is 0 Å². The molecule has 92 valence electrons. The van der Waals surface area contributed by atoms with Crippen molar-refractivity contribution in [3.63, 3.8) is 0 Å². The number of pyridine rings is 1. The fourth-order valence-corrected chi connectivity index (χ4v) is 2.11. The molecule has 0 N–H and O–H groups in total. The summed E-state index contributed by atoms with van der Waals surface area (Å²) in [5.41, 5.74) is 2.62. The molecule has 0 spiro atoms. The zero-order chi connectivity index (χ0) is 11.7. The fraction of sp³-hybridized carbons (Fsp3) is 0.133. The molecule has 0 saturated heterocycles. The molecule has 2 nitrogen and oxygen atoms in total. The molecule has 18 heavy (non-hydrogen) atoms. The second-order valence-electron chi connectivity index (χ2n) is 4.37. The molecule has 3 heteroatoms. The van der Waals surface area contributed by atoms with E-state index in [0.29, 0.717) is 0 Å². The van der Waals surface area contributed by atoms with Crippen molar-refractivity contribution in [2.24, 2.45) is 7.05 Å². The number of aromatic nitrogens is 2. The molecule has 0 bridgehead atoms. The maximum atomic E-state index is 2.28. The number of hydrogen-bond acceptors (Lipinski definition) is 0. The molecule has 0 aliphatic carbocycles. The Hall–Kier alpha value is -1.36. The molecule has 0 amide bonds. The lowest BCUT2D eigenvalue weighted by molar-refractivity contribution is -0.671. The van der Waals surface area contributed by atoms with Gasteiger partial charge in [-0.05, 0) is 23.1 Å². The minimum atomic E-state index is 0. The summed E-state index contributed by atoms with van der Waals surface area (Å²) in [5, 5.41) is 1.30. The predicted octanol–water partition coefficient (Wildman–Crippen LogP) is -0.482. The monoisotopic (exact) mass is 350 g/mol. The molecule has 0 unspecified atom stereocenters. The van der Waals surface area contributed by atoms with E-state index in [2.05, 4.69) is 70.2 Å². The average Bonchev–Trinajstić information content (AvgIpc) is 2.76. The van der Waals surface area contributed by atoms with Crippen LogP contribution < -0.4 is 28.5 Å². The molecular weight excluding hydrogens is 335 g/mol. The molecule has 0 radical (unpaired) electrons. The van der Waals surface area contributed by atoms with Gasteiger partial charge in [0.25, 0.3) is 0 Å². The van der Waals surface area contributed by atoms with E-state index in [-0.39, 0.29) is 24.0 Å². The number of para-hydroxylation sites is 1. The average molecular weight is 350 g/mol. The lowest BCUT2D eigenvalue weighted by atomic mass is 10.2. The molecule has 0 aliphatic heterocycles. The van der Waals surface area contributed by atoms with Crippen LogP contribution in [0.1, 0.15) is 5.56 Å². The third kappa shape index (κ3) is 2.56. The molecule has 0 atom stereocenters. The Labute approximate surface area is 124 Å². The maximum absolute atomic E-state index is 2.28. The van der Waals surface area contributed by atoms with Crippen LogP contribution in [0.5, 0.6) is 0 Å². The van der Waals surface area contributed by atoms with Crippen LogP contribution in [0.3, 0.4) is 0 Å². The molecule has 0 saturated carbocycles. The Kier molecular flexibility index (Phi) is 4.01. The van der Waals surface area contributed by atoms with Gasteiger partial charge in [-0.15, -0.1) is 0 Å². The first-order valence-corrected chi connectivity index (χ1v) is 5.81. The van der Waals surface area contributed by atoms with E-state index in [1.165, 1.54) is 16.5 Å². The number of hydrogen-bond donors (Lipinski definition) is 0. The smallest absolute Gasteiger partial charge is 0.168 e. The molecular formula is C15H15IN2. The summed E-state index contributed by atoms with van der Waals surface area (Å²) in [5.74, 6) is 0. The Morgan fingerprint density at radius 3 is 2.50 bits per heavy atom. The second kappa shape index (κ2) is 5.52. The van der Waals surface area contributed by atoms with Crippen molar-refractivity contribution in [2.75, 3.05) is 0 Å². The standard InChI is InChI=1S/C15H15N2.HI/c1-16-9-6-13(7-10-16)12-17-11-8-14-4-2-3-5-15(14)17;/h2-11H,12H2,1H3;1H/q+1;/p-1. The van der Waals surface area contributed by atoms with Gasteiger partial charge in [0, 0.05) is 30.4 Å². The summed E-state index contributed by atoms with van der Waals surface area (Å²) in [6, 6.07) is 15.0. The largest absolute Gasteiger partial charge is 1.00 e. The highest BCUT2D eigenvalue weighted by molar-refractivity contribution is 5.79. The van der Waals surface area contributed by atoms with Crippen molar-refractivity contribution in [3.8, 4) is 0 Å². The number of fused-ring (bicyclic) bond motifs is 1. The molecule has 3 rings (SSSR count). The van der Waals surface area contributed by atoms with E-state index < -0.39 is 0 Å². The van der Waals surface area contributed by atoms with Crippen LogP contribution in [0.15, 0.2) is 61.1 Å². The van der Waals surface area contributed by atoms with Gasteiger partial charge in [0.05, 0.1) is 0 Å². The number of aryl methyl sites for hydroxylation is 1. The maximum Gasteiger partial charge on any atom is 0.168 e. The molecule has 0 fully saturated rings. The minimum Gasteiger partial charge on any atom is -1.00 e. The van der Waals surface area contributed by atoms with Gasteiger partial charge in [-0.2, -0.15) is 0 Å². The highest BCUT2D eigenvalue weighted by atomic mass is 127. The van der Waals surface area contributed by atoms with Gasteiger partial charge in [0.15, 0.2) is 12.4 Å². The van der Waals surface area contributed by atoms with Gasteiger partial charge in [-0.1, -0.05) is 18.2 Å². The number of nitrogens with zero attached hydrogens (tertiary/aromatic N) is 2. The van der Waals surface area contributed by atoms with Crippen LogP contribution in [-0.2, 0) is 13.6 Å². The van der Waals surface area contributed by atoms with Gasteiger partial charge >= 0.3 is 0 Å². The zero-order valence-electron chi connectivity index (χ0n) is 10.3. The van der Waals surface area contributed by atoms with Crippen LogP contribution in [0, 0.1) is 0 Å². The van der Waals surface area contributed by atoms with Gasteiger partial charge in [-0.25, -0.2) is 4.57 Å². The summed E-state index contributed by atoms with van der Waals surface area (Å²) in [7, 11) is 2.04. The Morgan fingerprint density at radius 2 is 1.72 bits per heavy atom. The van der Waals surface area contributed by atoms with E-state index in [9.17, 15) is 0 Å². The van der Waals surface area contributed by atoms with Crippen molar-refractivity contribution >= 4 is 10.9 Å². The first-order valence-electron chi connectivity index (χ1n) is 5.81. The number of rotatable bonds is 2. The molecule has 2 heterocycles. The van der Waals surface area contributed by atoms with Crippen molar-refractivity contribution in [2.45, 2.75) is 6.54 Å². The van der Waals surface area contributed by atoms with Crippen molar-refractivity contribution in [1.29, 1.82) is 0 Å². The summed E-state index contributed by atoms with van der Waals surface area (Å²) in [6.45, 7) is 0.925. The third-order valence-corrected chi connectivity index (χ3v) is 3.08. The molecule has 1 aromatic carbocycles. The van der Waals surface area contributed by atoms with Crippen LogP contribution in [0.2, 0.25) is 0 Å². The predicted molar refractivity (Wildman–Crippen MR) is 68.7 cm³/mol. The second-order valence-corrected chi connectivity index (χ2v) is 4.37. The molecule has 2 aromatic heterocycles. The Morgan fingerprint density at radius 1 is 1.00 bits per heavy atom. The molecule has 3 aromatic rings. The fourth-order valence-electron chi connectivity index (χ4n) is 2.11. The summed E-state index contributed by atoms with van der Waals surface area (Å²) >= 11 is 0. The van der Waals surface area contributed by atoms with Gasteiger partial charge in [0.2, 0.25) is 0 Å². The lowest BCUT2D eigenvalue weighted by Gasteiger charge is -2.04. The first-order chi connectivity index (χ1) is 8.33. The number of halogens is 1. The van der Waals surface area contributed by atoms with Crippen molar-refractivity contribution in [3.05, 3.63) is 66.6 Å². The zero-order valence-corrected chi connectivity index (χ0v) is 12.4. The summed E-state index contributed by atoms with van der Waals surface area (Å²) in [6.07, 6.45) is 6.32. The van der Waals surface area contributed by atoms with E-state index in [4.69, 9.17) is 0 Å². The van der Waals surface area contributed by atoms with E-state index in [1.54, 1.807) is 0 Å². The SMILES string of the molecule is C[n+]1ccc(Cn2ccc3ccccc32)cc1.[I-]. The van der Waals surface area contributed by atoms with Crippen molar-refractivity contribution < 1.29 is 28.5 Å². The van der Waals surface area contributed by atoms with E-state index in [0.717, 1.165) is 6.54 Å². The number of benzene rings is 1. The van der Waals surface area contributed by atoms with Gasteiger partial charge in [0.1, 0.15) is 7.05 Å². The van der Waals surface area contributed by atoms with Crippen LogP contribution in [0.25, 0.3) is 10.9 Å². The van der Waals surface area contributed by atoms with Gasteiger partial charge in [-0.3, -0.25) is 0 Å². The quantitative estimate of drug-likeness (QED) is 0.436. The Bertz CT molecular complexity index is 641. The van der Waals surface area contributed by atoms with E-state index >= 15 is 0 Å².